The number of nitrogens with one attached hydrogen (secondary N) is 1. The van der Waals surface area contributed by atoms with E-state index in [-0.39, 0.29) is 5.82 Å². The molecule has 1 aromatic rings. The summed E-state index contributed by atoms with van der Waals surface area (Å²) >= 11 is 0. The van der Waals surface area contributed by atoms with E-state index in [0.717, 1.165) is 19.1 Å². The van der Waals surface area contributed by atoms with Crippen LogP contribution >= 0.6 is 0 Å². The Kier molecular flexibility index (Phi) is 5.80. The topological polar surface area (TPSA) is 15.3 Å². The Bertz CT molecular complexity index is 358. The van der Waals surface area contributed by atoms with Crippen LogP contribution in [0.25, 0.3) is 0 Å². The third-order valence-corrected chi connectivity index (χ3v) is 3.87. The van der Waals surface area contributed by atoms with Crippen molar-refractivity contribution < 1.29 is 4.39 Å². The molecule has 0 amide bonds. The standard InChI is InChI=1S/C16H25FN2/c1-19(13-14-7-9-15(17)10-8-14)12-4-6-16-5-2-3-11-18-16/h7-10,16,18H,2-6,11-13H2,1H3. The second kappa shape index (κ2) is 7.61. The van der Waals surface area contributed by atoms with Crippen molar-refractivity contribution in [2.45, 2.75) is 44.7 Å². The van der Waals surface area contributed by atoms with E-state index >= 15 is 0 Å². The SMILES string of the molecule is CN(CCCC1CCCCN1)Cc1ccc(F)cc1. The molecule has 1 saturated heterocycles. The first-order valence-electron chi connectivity index (χ1n) is 7.40. The van der Waals surface area contributed by atoms with Crippen LogP contribution in [0.15, 0.2) is 24.3 Å². The molecular formula is C16H25FN2. The summed E-state index contributed by atoms with van der Waals surface area (Å²) in [4.78, 5) is 2.32. The van der Waals surface area contributed by atoms with Crippen molar-refractivity contribution in [3.05, 3.63) is 35.6 Å². The quantitative estimate of drug-likeness (QED) is 0.849. The summed E-state index contributed by atoms with van der Waals surface area (Å²) in [6.07, 6.45) is 6.55. The van der Waals surface area contributed by atoms with Crippen molar-refractivity contribution in [2.75, 3.05) is 20.1 Å². The lowest BCUT2D eigenvalue weighted by Crippen LogP contribution is -2.34. The maximum absolute atomic E-state index is 12.8. The summed E-state index contributed by atoms with van der Waals surface area (Å²) in [6, 6.07) is 7.54. The molecule has 0 radical (unpaired) electrons. The van der Waals surface area contributed by atoms with Gasteiger partial charge in [-0.05, 0) is 63.5 Å². The molecule has 2 nitrogen and oxygen atoms in total. The molecule has 1 heterocycles. The Balaban J connectivity index is 1.63. The molecule has 0 bridgehead atoms. The van der Waals surface area contributed by atoms with Crippen LogP contribution in [-0.2, 0) is 6.54 Å². The van der Waals surface area contributed by atoms with Gasteiger partial charge in [0.25, 0.3) is 0 Å². The Morgan fingerprint density at radius 1 is 1.26 bits per heavy atom. The van der Waals surface area contributed by atoms with E-state index in [0.29, 0.717) is 0 Å². The number of benzene rings is 1. The van der Waals surface area contributed by atoms with E-state index in [1.54, 1.807) is 0 Å². The highest BCUT2D eigenvalue weighted by atomic mass is 19.1. The fraction of sp³-hybridized carbons (Fsp3) is 0.625. The number of rotatable bonds is 6. The normalized spacial score (nSPS) is 19.8. The highest BCUT2D eigenvalue weighted by Gasteiger charge is 2.12. The Morgan fingerprint density at radius 3 is 2.74 bits per heavy atom. The summed E-state index contributed by atoms with van der Waals surface area (Å²) in [5.74, 6) is -0.158. The smallest absolute Gasteiger partial charge is 0.123 e. The molecular weight excluding hydrogens is 239 g/mol. The van der Waals surface area contributed by atoms with Crippen LogP contribution in [0.1, 0.15) is 37.7 Å². The van der Waals surface area contributed by atoms with Crippen LogP contribution in [0.3, 0.4) is 0 Å². The van der Waals surface area contributed by atoms with E-state index in [2.05, 4.69) is 17.3 Å². The van der Waals surface area contributed by atoms with Crippen LogP contribution < -0.4 is 5.32 Å². The molecule has 2 rings (SSSR count). The third-order valence-electron chi connectivity index (χ3n) is 3.87. The average Bonchev–Trinajstić information content (AvgIpc) is 2.43. The van der Waals surface area contributed by atoms with Gasteiger partial charge in [0.15, 0.2) is 0 Å². The van der Waals surface area contributed by atoms with Gasteiger partial charge in [0.05, 0.1) is 0 Å². The molecule has 1 atom stereocenters. The van der Waals surface area contributed by atoms with Crippen molar-refractivity contribution in [1.29, 1.82) is 0 Å². The lowest BCUT2D eigenvalue weighted by molar-refractivity contribution is 0.297. The number of piperidine rings is 1. The zero-order chi connectivity index (χ0) is 13.5. The summed E-state index contributed by atoms with van der Waals surface area (Å²) in [5.41, 5.74) is 1.18. The molecule has 1 N–H and O–H groups in total. The molecule has 0 saturated carbocycles. The first-order valence-corrected chi connectivity index (χ1v) is 7.40. The molecule has 3 heteroatoms. The number of hydrogen-bond donors (Lipinski definition) is 1. The molecule has 1 fully saturated rings. The van der Waals surface area contributed by atoms with Crippen LogP contribution in [-0.4, -0.2) is 31.1 Å². The maximum atomic E-state index is 12.8. The predicted molar refractivity (Wildman–Crippen MR) is 77.6 cm³/mol. The lowest BCUT2D eigenvalue weighted by Gasteiger charge is -2.24. The molecule has 1 unspecified atom stereocenters. The van der Waals surface area contributed by atoms with Crippen LogP contribution in [0.2, 0.25) is 0 Å². The fourth-order valence-corrected chi connectivity index (χ4v) is 2.76. The summed E-state index contributed by atoms with van der Waals surface area (Å²) in [6.45, 7) is 3.20. The molecule has 106 valence electrons. The molecule has 0 aliphatic carbocycles. The second-order valence-corrected chi connectivity index (χ2v) is 5.65. The minimum absolute atomic E-state index is 0.158. The van der Waals surface area contributed by atoms with Gasteiger partial charge in [-0.15, -0.1) is 0 Å². The van der Waals surface area contributed by atoms with Gasteiger partial charge in [-0.25, -0.2) is 4.39 Å². The molecule has 1 aliphatic rings. The summed E-state index contributed by atoms with van der Waals surface area (Å²) in [5, 5.41) is 3.59. The van der Waals surface area contributed by atoms with Gasteiger partial charge in [0, 0.05) is 12.6 Å². The zero-order valence-electron chi connectivity index (χ0n) is 11.9. The van der Waals surface area contributed by atoms with E-state index < -0.39 is 0 Å². The van der Waals surface area contributed by atoms with Crippen LogP contribution in [0, 0.1) is 5.82 Å². The minimum Gasteiger partial charge on any atom is -0.314 e. The zero-order valence-corrected chi connectivity index (χ0v) is 11.9. The van der Waals surface area contributed by atoms with Crippen molar-refractivity contribution in [3.63, 3.8) is 0 Å². The van der Waals surface area contributed by atoms with E-state index in [1.165, 1.54) is 56.3 Å². The van der Waals surface area contributed by atoms with E-state index in [4.69, 9.17) is 0 Å². The van der Waals surface area contributed by atoms with Gasteiger partial charge < -0.3 is 10.2 Å². The molecule has 0 spiro atoms. The average molecular weight is 264 g/mol. The van der Waals surface area contributed by atoms with E-state index in [1.807, 2.05) is 12.1 Å². The molecule has 1 aromatic carbocycles. The van der Waals surface area contributed by atoms with Crippen molar-refractivity contribution >= 4 is 0 Å². The van der Waals surface area contributed by atoms with Gasteiger partial charge in [-0.2, -0.15) is 0 Å². The highest BCUT2D eigenvalue weighted by molar-refractivity contribution is 5.15. The number of halogens is 1. The van der Waals surface area contributed by atoms with Gasteiger partial charge in [-0.1, -0.05) is 18.6 Å². The highest BCUT2D eigenvalue weighted by Crippen LogP contribution is 2.12. The Morgan fingerprint density at radius 2 is 2.05 bits per heavy atom. The minimum atomic E-state index is -0.158. The largest absolute Gasteiger partial charge is 0.314 e. The van der Waals surface area contributed by atoms with Crippen molar-refractivity contribution in [2.24, 2.45) is 0 Å². The van der Waals surface area contributed by atoms with Gasteiger partial charge in [0.1, 0.15) is 5.82 Å². The maximum Gasteiger partial charge on any atom is 0.123 e. The Hall–Kier alpha value is -0.930. The van der Waals surface area contributed by atoms with E-state index in [9.17, 15) is 4.39 Å². The number of hydrogen-bond acceptors (Lipinski definition) is 2. The van der Waals surface area contributed by atoms with Crippen molar-refractivity contribution in [3.8, 4) is 0 Å². The van der Waals surface area contributed by atoms with Crippen LogP contribution in [0.4, 0.5) is 4.39 Å². The number of nitrogens with zero attached hydrogens (tertiary/aromatic N) is 1. The molecule has 19 heavy (non-hydrogen) atoms. The second-order valence-electron chi connectivity index (χ2n) is 5.65. The van der Waals surface area contributed by atoms with Gasteiger partial charge >= 0.3 is 0 Å². The van der Waals surface area contributed by atoms with Crippen LogP contribution in [0.5, 0.6) is 0 Å². The first-order chi connectivity index (χ1) is 9.24. The fourth-order valence-electron chi connectivity index (χ4n) is 2.76. The van der Waals surface area contributed by atoms with Crippen molar-refractivity contribution in [1.82, 2.24) is 10.2 Å². The summed E-state index contributed by atoms with van der Waals surface area (Å²) in [7, 11) is 2.14. The lowest BCUT2D eigenvalue weighted by atomic mass is 10.0. The van der Waals surface area contributed by atoms with Gasteiger partial charge in [-0.3, -0.25) is 0 Å². The molecule has 1 aliphatic heterocycles. The van der Waals surface area contributed by atoms with Gasteiger partial charge in [0.2, 0.25) is 0 Å². The third kappa shape index (κ3) is 5.29. The predicted octanol–water partition coefficient (Wildman–Crippen LogP) is 3.18. The molecule has 0 aromatic heterocycles. The first kappa shape index (κ1) is 14.5. The Labute approximate surface area is 116 Å². The summed E-state index contributed by atoms with van der Waals surface area (Å²) < 4.78 is 12.8. The monoisotopic (exact) mass is 264 g/mol.